The zero-order chi connectivity index (χ0) is 19.6. The maximum absolute atomic E-state index is 12.4. The molecule has 144 valence electrons. The van der Waals surface area contributed by atoms with Gasteiger partial charge in [-0.05, 0) is 18.3 Å². The number of ether oxygens (including phenoxy) is 2. The van der Waals surface area contributed by atoms with Gasteiger partial charge < -0.3 is 19.7 Å². The van der Waals surface area contributed by atoms with E-state index in [9.17, 15) is 19.5 Å². The monoisotopic (exact) mass is 359 g/mol. The largest absolute Gasteiger partial charge is 0.481 e. The predicted molar refractivity (Wildman–Crippen MR) is 91.0 cm³/mol. The topological polar surface area (TPSA) is 113 Å². The minimum Gasteiger partial charge on any atom is -0.481 e. The molecule has 0 aromatic heterocycles. The van der Waals surface area contributed by atoms with E-state index in [1.165, 1.54) is 6.08 Å². The van der Waals surface area contributed by atoms with Crippen molar-refractivity contribution in [3.63, 3.8) is 0 Å². The molecule has 0 aliphatic heterocycles. The van der Waals surface area contributed by atoms with E-state index in [1.807, 2.05) is 27.7 Å². The summed E-state index contributed by atoms with van der Waals surface area (Å²) in [5.41, 5.74) is 0. The Morgan fingerprint density at radius 3 is 1.76 bits per heavy atom. The van der Waals surface area contributed by atoms with Gasteiger partial charge in [-0.2, -0.15) is 0 Å². The van der Waals surface area contributed by atoms with Gasteiger partial charge in [0.25, 0.3) is 0 Å². The number of carbonyl (C=O) groups is 3. The Morgan fingerprint density at radius 2 is 1.48 bits per heavy atom. The van der Waals surface area contributed by atoms with E-state index in [0.717, 1.165) is 0 Å². The number of hydrogen-bond acceptors (Lipinski definition) is 6. The van der Waals surface area contributed by atoms with Crippen LogP contribution in [0.15, 0.2) is 12.7 Å². The maximum Gasteiger partial charge on any atom is 0.419 e. The van der Waals surface area contributed by atoms with Gasteiger partial charge in [0.1, 0.15) is 0 Å². The first-order chi connectivity index (χ1) is 11.6. The molecule has 0 aromatic rings. The highest BCUT2D eigenvalue weighted by Crippen LogP contribution is 2.20. The van der Waals surface area contributed by atoms with Crippen LogP contribution in [0.25, 0.3) is 0 Å². The summed E-state index contributed by atoms with van der Waals surface area (Å²) in [5, 5.41) is 18.5. The van der Waals surface area contributed by atoms with Crippen molar-refractivity contribution in [2.75, 3.05) is 19.8 Å². The first-order valence-electron chi connectivity index (χ1n) is 8.24. The van der Waals surface area contributed by atoms with Crippen molar-refractivity contribution in [2.45, 2.75) is 40.2 Å². The zero-order valence-corrected chi connectivity index (χ0v) is 15.3. The fourth-order valence-electron chi connectivity index (χ4n) is 1.96. The average Bonchev–Trinajstić information content (AvgIpc) is 2.53. The molecule has 0 aliphatic rings. The summed E-state index contributed by atoms with van der Waals surface area (Å²) in [4.78, 5) is 36.8. The third-order valence-electron chi connectivity index (χ3n) is 3.18. The Kier molecular flexibility index (Phi) is 10.5. The molecule has 0 saturated carbocycles. The summed E-state index contributed by atoms with van der Waals surface area (Å²) in [7, 11) is 0. The predicted octanol–water partition coefficient (Wildman–Crippen LogP) is 2.51. The highest BCUT2D eigenvalue weighted by Gasteiger charge is 2.39. The Labute approximate surface area is 148 Å². The van der Waals surface area contributed by atoms with Crippen molar-refractivity contribution >= 4 is 18.2 Å². The lowest BCUT2D eigenvalue weighted by atomic mass is 9.95. The van der Waals surface area contributed by atoms with Gasteiger partial charge in [-0.1, -0.05) is 33.8 Å². The van der Waals surface area contributed by atoms with Crippen molar-refractivity contribution in [3.05, 3.63) is 12.7 Å². The number of amides is 2. The molecule has 8 heteroatoms. The van der Waals surface area contributed by atoms with Gasteiger partial charge in [-0.25, -0.2) is 14.5 Å². The number of imide groups is 1. The van der Waals surface area contributed by atoms with Crippen LogP contribution in [0.1, 0.15) is 34.1 Å². The van der Waals surface area contributed by atoms with Crippen LogP contribution >= 0.6 is 0 Å². The summed E-state index contributed by atoms with van der Waals surface area (Å²) < 4.78 is 10.1. The van der Waals surface area contributed by atoms with Crippen molar-refractivity contribution < 1.29 is 34.1 Å². The Hall–Kier alpha value is -2.09. The standard InChI is InChI=1S/C17H29NO7/c1-6-14(13(7-8-19)15(20)21)18(16(22)24-9-11(2)3)17(23)25-10-12(4)5/h6,11-14,19H,1,7-10H2,2-5H3,(H,20,21)/t13-,14?/m0/s1. The molecular weight excluding hydrogens is 330 g/mol. The van der Waals surface area contributed by atoms with Crippen molar-refractivity contribution in [1.82, 2.24) is 4.90 Å². The third kappa shape index (κ3) is 8.02. The van der Waals surface area contributed by atoms with Gasteiger partial charge >= 0.3 is 18.2 Å². The fourth-order valence-corrected chi connectivity index (χ4v) is 1.96. The van der Waals surface area contributed by atoms with E-state index in [1.54, 1.807) is 0 Å². The second-order valence-corrected chi connectivity index (χ2v) is 6.49. The molecule has 0 bridgehead atoms. The van der Waals surface area contributed by atoms with E-state index in [2.05, 4.69) is 6.58 Å². The van der Waals surface area contributed by atoms with Gasteiger partial charge in [0, 0.05) is 6.61 Å². The lowest BCUT2D eigenvalue weighted by Gasteiger charge is -2.30. The van der Waals surface area contributed by atoms with E-state index >= 15 is 0 Å². The van der Waals surface area contributed by atoms with E-state index in [4.69, 9.17) is 14.6 Å². The lowest BCUT2D eigenvalue weighted by molar-refractivity contribution is -0.143. The summed E-state index contributed by atoms with van der Waals surface area (Å²) >= 11 is 0. The third-order valence-corrected chi connectivity index (χ3v) is 3.18. The van der Waals surface area contributed by atoms with E-state index < -0.39 is 36.7 Å². The number of carboxylic acids is 1. The number of carboxylic acid groups (broad SMARTS) is 1. The van der Waals surface area contributed by atoms with Crippen molar-refractivity contribution in [2.24, 2.45) is 17.8 Å². The van der Waals surface area contributed by atoms with Crippen LogP contribution < -0.4 is 0 Å². The molecule has 25 heavy (non-hydrogen) atoms. The number of aliphatic hydroxyl groups is 1. The molecular formula is C17H29NO7. The number of aliphatic hydroxyl groups excluding tert-OH is 1. The highest BCUT2D eigenvalue weighted by atomic mass is 16.6. The van der Waals surface area contributed by atoms with Gasteiger partial charge in [-0.3, -0.25) is 4.79 Å². The number of nitrogens with zero attached hydrogens (tertiary/aromatic N) is 1. The minimum absolute atomic E-state index is 0.0346. The molecule has 8 nitrogen and oxygen atoms in total. The van der Waals surface area contributed by atoms with Crippen LogP contribution in [0, 0.1) is 17.8 Å². The number of carbonyl (C=O) groups excluding carboxylic acids is 2. The van der Waals surface area contributed by atoms with Crippen LogP contribution in [-0.4, -0.2) is 59.1 Å². The second kappa shape index (κ2) is 11.5. The van der Waals surface area contributed by atoms with Gasteiger partial charge in [0.05, 0.1) is 25.2 Å². The molecule has 2 atom stereocenters. The van der Waals surface area contributed by atoms with Crippen LogP contribution in [0.3, 0.4) is 0 Å². The van der Waals surface area contributed by atoms with Gasteiger partial charge in [0.15, 0.2) is 0 Å². The summed E-state index contributed by atoms with van der Waals surface area (Å²) in [5.74, 6) is -2.42. The van der Waals surface area contributed by atoms with Crippen LogP contribution in [0.4, 0.5) is 9.59 Å². The first kappa shape index (κ1) is 22.9. The normalized spacial score (nSPS) is 13.2. The van der Waals surface area contributed by atoms with Crippen LogP contribution in [-0.2, 0) is 14.3 Å². The SMILES string of the molecule is C=CC([C@H](CCO)C(=O)O)N(C(=O)OCC(C)C)C(=O)OCC(C)C. The molecule has 0 saturated heterocycles. The molecule has 0 aliphatic carbocycles. The molecule has 2 amide bonds. The quantitative estimate of drug-likeness (QED) is 0.576. The average molecular weight is 359 g/mol. The molecule has 2 N–H and O–H groups in total. The molecule has 1 unspecified atom stereocenters. The first-order valence-corrected chi connectivity index (χ1v) is 8.24. The molecule has 0 heterocycles. The highest BCUT2D eigenvalue weighted by molar-refractivity contribution is 5.89. The molecule has 0 aromatic carbocycles. The Balaban J connectivity index is 5.55. The Morgan fingerprint density at radius 1 is 1.04 bits per heavy atom. The fraction of sp³-hybridized carbons (Fsp3) is 0.706. The molecule has 0 radical (unpaired) electrons. The van der Waals surface area contributed by atoms with Gasteiger partial charge in [0.2, 0.25) is 0 Å². The van der Waals surface area contributed by atoms with Crippen molar-refractivity contribution in [3.8, 4) is 0 Å². The number of aliphatic carboxylic acids is 1. The Bertz CT molecular complexity index is 438. The molecule has 0 rings (SSSR count). The maximum atomic E-state index is 12.4. The van der Waals surface area contributed by atoms with Crippen molar-refractivity contribution in [1.29, 1.82) is 0 Å². The summed E-state index contributed by atoms with van der Waals surface area (Å²) in [6.07, 6.45) is -0.993. The second-order valence-electron chi connectivity index (χ2n) is 6.49. The van der Waals surface area contributed by atoms with E-state index in [0.29, 0.717) is 4.90 Å². The van der Waals surface area contributed by atoms with Crippen LogP contribution in [0.5, 0.6) is 0 Å². The molecule has 0 fully saturated rings. The summed E-state index contributed by atoms with van der Waals surface area (Å²) in [6.45, 7) is 10.5. The smallest absolute Gasteiger partial charge is 0.419 e. The van der Waals surface area contributed by atoms with Crippen LogP contribution in [0.2, 0.25) is 0 Å². The number of rotatable bonds is 10. The lowest BCUT2D eigenvalue weighted by Crippen LogP contribution is -2.50. The zero-order valence-electron chi connectivity index (χ0n) is 15.3. The van der Waals surface area contributed by atoms with E-state index in [-0.39, 0.29) is 31.5 Å². The molecule has 0 spiro atoms. The van der Waals surface area contributed by atoms with Gasteiger partial charge in [-0.15, -0.1) is 6.58 Å². The number of hydrogen-bond donors (Lipinski definition) is 2. The minimum atomic E-state index is -1.27. The summed E-state index contributed by atoms with van der Waals surface area (Å²) in [6, 6.07) is -1.20.